The zero-order valence-corrected chi connectivity index (χ0v) is 15.2. The fourth-order valence-electron chi connectivity index (χ4n) is 2.13. The van der Waals surface area contributed by atoms with Crippen LogP contribution >= 0.6 is 47.2 Å². The van der Waals surface area contributed by atoms with Crippen molar-refractivity contribution in [2.45, 2.75) is 0 Å². The minimum atomic E-state index is -0.560. The molecule has 0 atom stereocenters. The second-order valence-corrected chi connectivity index (χ2v) is 7.38. The Morgan fingerprint density at radius 1 is 1.12 bits per heavy atom. The molecule has 0 aliphatic carbocycles. The molecule has 0 unspecified atom stereocenters. The number of carbonyl (C=O) groups is 2. The maximum atomic E-state index is 12.6. The van der Waals surface area contributed by atoms with Crippen molar-refractivity contribution in [3.05, 3.63) is 74.6 Å². The van der Waals surface area contributed by atoms with Crippen molar-refractivity contribution in [2.24, 2.45) is 0 Å². The summed E-state index contributed by atoms with van der Waals surface area (Å²) in [5.41, 5.74) is 1.04. The van der Waals surface area contributed by atoms with Crippen LogP contribution < -0.4 is 0 Å². The molecule has 0 bridgehead atoms. The van der Waals surface area contributed by atoms with Gasteiger partial charge in [0, 0.05) is 5.02 Å². The normalized spacial score (nSPS) is 16.1. The van der Waals surface area contributed by atoms with Crippen LogP contribution in [0.25, 0.3) is 6.08 Å². The third-order valence-corrected chi connectivity index (χ3v) is 5.11. The van der Waals surface area contributed by atoms with Gasteiger partial charge in [0.1, 0.15) is 0 Å². The minimum Gasteiger partial charge on any atom is -0.268 e. The van der Waals surface area contributed by atoms with E-state index in [1.165, 1.54) is 18.2 Å². The summed E-state index contributed by atoms with van der Waals surface area (Å²) in [4.78, 5) is 26.6. The van der Waals surface area contributed by atoms with Crippen LogP contribution in [0, 0.1) is 0 Å². The van der Waals surface area contributed by atoms with Crippen molar-refractivity contribution in [3.8, 4) is 0 Å². The number of thioether (sulfide) groups is 1. The third-order valence-electron chi connectivity index (χ3n) is 3.26. The van der Waals surface area contributed by atoms with Crippen molar-refractivity contribution < 1.29 is 9.59 Å². The van der Waals surface area contributed by atoms with Crippen LogP contribution in [0.1, 0.15) is 15.9 Å². The number of hydrogen-bond acceptors (Lipinski definition) is 4. The molecule has 0 aromatic heterocycles. The molecule has 0 saturated carbocycles. The van der Waals surface area contributed by atoms with Crippen molar-refractivity contribution >= 4 is 69.4 Å². The maximum absolute atomic E-state index is 12.6. The van der Waals surface area contributed by atoms with Gasteiger partial charge < -0.3 is 0 Å². The second-order valence-electron chi connectivity index (χ2n) is 4.86. The number of rotatable bonds is 2. The topological polar surface area (TPSA) is 37.4 Å². The highest BCUT2D eigenvalue weighted by atomic mass is 35.5. The summed E-state index contributed by atoms with van der Waals surface area (Å²) in [6.45, 7) is 0. The molecule has 3 rings (SSSR count). The van der Waals surface area contributed by atoms with Crippen molar-refractivity contribution in [3.63, 3.8) is 0 Å². The van der Waals surface area contributed by atoms with Crippen molar-refractivity contribution in [1.82, 2.24) is 4.90 Å². The van der Waals surface area contributed by atoms with E-state index in [0.29, 0.717) is 9.93 Å². The van der Waals surface area contributed by atoms with Gasteiger partial charge in [-0.2, -0.15) is 0 Å². The van der Waals surface area contributed by atoms with Gasteiger partial charge in [-0.1, -0.05) is 77.5 Å². The average Bonchev–Trinajstić information content (AvgIpc) is 2.82. The molecule has 7 heteroatoms. The lowest BCUT2D eigenvalue weighted by Gasteiger charge is -2.13. The zero-order valence-electron chi connectivity index (χ0n) is 12.0. The fraction of sp³-hybridized carbons (Fsp3) is 0. The zero-order chi connectivity index (χ0) is 17.3. The van der Waals surface area contributed by atoms with Crippen LogP contribution in [0.3, 0.4) is 0 Å². The molecule has 2 amide bonds. The first kappa shape index (κ1) is 17.2. The number of nitrogens with zero attached hydrogens (tertiary/aromatic N) is 1. The average molecular weight is 394 g/mol. The van der Waals surface area contributed by atoms with E-state index in [1.54, 1.807) is 6.08 Å². The van der Waals surface area contributed by atoms with Crippen LogP contribution in [0.15, 0.2) is 53.4 Å². The number of hydrogen-bond donors (Lipinski definition) is 0. The predicted octanol–water partition coefficient (Wildman–Crippen LogP) is 5.04. The van der Waals surface area contributed by atoms with E-state index >= 15 is 0 Å². The maximum Gasteiger partial charge on any atom is 0.273 e. The number of carbonyl (C=O) groups excluding carboxylic acids is 2. The molecule has 1 heterocycles. The van der Waals surface area contributed by atoms with E-state index < -0.39 is 11.8 Å². The first-order valence-electron chi connectivity index (χ1n) is 6.80. The first-order valence-corrected chi connectivity index (χ1v) is 8.78. The summed E-state index contributed by atoms with van der Waals surface area (Å²) >= 11 is 18.2. The van der Waals surface area contributed by atoms with E-state index in [9.17, 15) is 9.59 Å². The summed E-state index contributed by atoms with van der Waals surface area (Å²) in [6.07, 6.45) is 1.70. The minimum absolute atomic E-state index is 0.175. The highest BCUT2D eigenvalue weighted by Gasteiger charge is 2.37. The molecule has 0 radical (unpaired) electrons. The van der Waals surface area contributed by atoms with E-state index in [2.05, 4.69) is 0 Å². The molecule has 3 nitrogen and oxygen atoms in total. The Morgan fingerprint density at radius 3 is 2.50 bits per heavy atom. The lowest BCUT2D eigenvalue weighted by atomic mass is 10.2. The lowest BCUT2D eigenvalue weighted by molar-refractivity contribution is -0.120. The van der Waals surface area contributed by atoms with Gasteiger partial charge in [0.05, 0.1) is 15.5 Å². The van der Waals surface area contributed by atoms with Gasteiger partial charge in [-0.05, 0) is 29.8 Å². The van der Waals surface area contributed by atoms with Gasteiger partial charge in [-0.3, -0.25) is 9.59 Å². The van der Waals surface area contributed by atoms with Crippen LogP contribution in [0.4, 0.5) is 0 Å². The molecular formula is C17H9Cl2NO2S2. The largest absolute Gasteiger partial charge is 0.273 e. The number of thiocarbonyl (C=S) groups is 1. The summed E-state index contributed by atoms with van der Waals surface area (Å²) < 4.78 is 0.179. The van der Waals surface area contributed by atoms with E-state index in [4.69, 9.17) is 35.4 Å². The summed E-state index contributed by atoms with van der Waals surface area (Å²) in [5, 5.41) is 0.583. The smallest absolute Gasteiger partial charge is 0.268 e. The molecule has 1 aliphatic rings. The van der Waals surface area contributed by atoms with Crippen LogP contribution in [-0.4, -0.2) is 21.0 Å². The van der Waals surface area contributed by atoms with Crippen molar-refractivity contribution in [1.29, 1.82) is 0 Å². The van der Waals surface area contributed by atoms with E-state index in [1.807, 2.05) is 30.3 Å². The van der Waals surface area contributed by atoms with Gasteiger partial charge in [-0.15, -0.1) is 0 Å². The van der Waals surface area contributed by atoms with Crippen LogP contribution in [-0.2, 0) is 4.79 Å². The monoisotopic (exact) mass is 393 g/mol. The Labute approximate surface area is 158 Å². The molecule has 1 fully saturated rings. The fourth-order valence-corrected chi connectivity index (χ4v) is 3.87. The van der Waals surface area contributed by atoms with Gasteiger partial charge in [-0.25, -0.2) is 4.90 Å². The van der Waals surface area contributed by atoms with Gasteiger partial charge >= 0.3 is 0 Å². The Hall–Kier alpha value is -1.66. The van der Waals surface area contributed by atoms with Gasteiger partial charge in [0.15, 0.2) is 4.32 Å². The standard InChI is InChI=1S/C17H9Cl2NO2S2/c18-11-6-7-12(13(19)9-11)15(21)20-16(22)14(24-17(20)23)8-10-4-2-1-3-5-10/h1-9H/b14-8+. The molecular weight excluding hydrogens is 385 g/mol. The third kappa shape index (κ3) is 3.39. The molecule has 24 heavy (non-hydrogen) atoms. The Balaban J connectivity index is 1.92. The van der Waals surface area contributed by atoms with Gasteiger partial charge in [0.25, 0.3) is 11.8 Å². The van der Waals surface area contributed by atoms with Gasteiger partial charge in [0.2, 0.25) is 0 Å². The summed E-state index contributed by atoms with van der Waals surface area (Å²) in [5.74, 6) is -1.01. The molecule has 0 spiro atoms. The first-order chi connectivity index (χ1) is 11.5. The molecule has 1 saturated heterocycles. The number of halogens is 2. The van der Waals surface area contributed by atoms with E-state index in [0.717, 1.165) is 22.2 Å². The van der Waals surface area contributed by atoms with E-state index in [-0.39, 0.29) is 14.9 Å². The predicted molar refractivity (Wildman–Crippen MR) is 102 cm³/mol. The molecule has 2 aromatic rings. The number of imide groups is 1. The summed E-state index contributed by atoms with van der Waals surface area (Å²) in [7, 11) is 0. The Morgan fingerprint density at radius 2 is 1.83 bits per heavy atom. The Bertz CT molecular complexity index is 881. The lowest BCUT2D eigenvalue weighted by Crippen LogP contribution is -2.34. The molecule has 120 valence electrons. The molecule has 0 N–H and O–H groups in total. The second kappa shape index (κ2) is 7.07. The number of benzene rings is 2. The SMILES string of the molecule is O=C1/C(=C\c2ccccc2)SC(=S)N1C(=O)c1ccc(Cl)cc1Cl. The quantitative estimate of drug-likeness (QED) is 0.407. The number of amides is 2. The molecule has 1 aliphatic heterocycles. The molecule has 2 aromatic carbocycles. The highest BCUT2D eigenvalue weighted by molar-refractivity contribution is 8.26. The van der Waals surface area contributed by atoms with Crippen LogP contribution in [0.5, 0.6) is 0 Å². The van der Waals surface area contributed by atoms with Crippen molar-refractivity contribution in [2.75, 3.05) is 0 Å². The highest BCUT2D eigenvalue weighted by Crippen LogP contribution is 2.34. The van der Waals surface area contributed by atoms with Crippen LogP contribution in [0.2, 0.25) is 10.0 Å². The Kier molecular flexibility index (Phi) is 5.06. The summed E-state index contributed by atoms with van der Waals surface area (Å²) in [6, 6.07) is 13.8.